The van der Waals surface area contributed by atoms with Gasteiger partial charge in [-0.25, -0.2) is 4.57 Å². The van der Waals surface area contributed by atoms with Gasteiger partial charge in [-0.1, -0.05) is 54.6 Å². The summed E-state index contributed by atoms with van der Waals surface area (Å²) >= 11 is 0. The highest BCUT2D eigenvalue weighted by Crippen LogP contribution is 2.44. The maximum absolute atomic E-state index is 8.46. The van der Waals surface area contributed by atoms with Crippen LogP contribution < -0.4 is 13.6 Å². The van der Waals surface area contributed by atoms with Crippen molar-refractivity contribution in [1.82, 2.24) is 0 Å². The van der Waals surface area contributed by atoms with Gasteiger partial charge in [0.1, 0.15) is 17.2 Å². The van der Waals surface area contributed by atoms with Crippen LogP contribution in [0, 0.1) is 20.8 Å². The topological polar surface area (TPSA) is 65.0 Å². The second-order valence-corrected chi connectivity index (χ2v) is 7.03. The van der Waals surface area contributed by atoms with Gasteiger partial charge in [-0.05, 0) is 55.7 Å². The maximum Gasteiger partial charge on any atom is 0.530 e. The zero-order valence-corrected chi connectivity index (χ0v) is 17.7. The van der Waals surface area contributed by atoms with Crippen LogP contribution in [0.5, 0.6) is 17.2 Å². The molecule has 0 heterocycles. The minimum Gasteiger partial charge on any atom is -0.408 e. The second-order valence-electron chi connectivity index (χ2n) is 5.88. The average molecular weight is 416 g/mol. The molecule has 3 aromatic carbocycles. The Morgan fingerprint density at radius 1 is 0.643 bits per heavy atom. The Kier molecular flexibility index (Phi) is 8.90. The highest BCUT2D eigenvalue weighted by atomic mass is 31.2. The maximum atomic E-state index is 8.46. The van der Waals surface area contributed by atoms with Gasteiger partial charge < -0.3 is 18.5 Å². The third kappa shape index (κ3) is 6.61. The fourth-order valence-electron chi connectivity index (χ4n) is 2.27. The van der Waals surface area contributed by atoms with Gasteiger partial charge in [-0.15, -0.1) is 0 Å². The minimum atomic E-state index is -1.64. The van der Waals surface area contributed by atoms with Crippen LogP contribution in [0.4, 0.5) is 0 Å². The van der Waals surface area contributed by atoms with Gasteiger partial charge in [0.15, 0.2) is 0 Å². The third-order valence-corrected chi connectivity index (χ3v) is 4.84. The SMILES string of the molecule is Cc1ccccc1OP(Oc1ccccc1C)Oc1ccccc1C.O=PO. The number of hydrogen-bond acceptors (Lipinski definition) is 4. The van der Waals surface area contributed by atoms with E-state index in [1.165, 1.54) is 0 Å². The summed E-state index contributed by atoms with van der Waals surface area (Å²) in [6.45, 7) is 6.01. The van der Waals surface area contributed by atoms with E-state index in [9.17, 15) is 0 Å². The molecular weight excluding hydrogens is 394 g/mol. The molecule has 28 heavy (non-hydrogen) atoms. The average Bonchev–Trinajstić information content (AvgIpc) is 2.68. The highest BCUT2D eigenvalue weighted by Gasteiger charge is 2.22. The van der Waals surface area contributed by atoms with E-state index < -0.39 is 17.3 Å². The summed E-state index contributed by atoms with van der Waals surface area (Å²) in [5.41, 5.74) is 3.12. The molecule has 0 aliphatic carbocycles. The Bertz CT molecular complexity index is 788. The highest BCUT2D eigenvalue weighted by molar-refractivity contribution is 7.43. The summed E-state index contributed by atoms with van der Waals surface area (Å²) in [6.07, 6.45) is 0. The number of benzene rings is 3. The monoisotopic (exact) mass is 416 g/mol. The molecule has 0 fully saturated rings. The molecule has 0 aliphatic heterocycles. The fourth-order valence-corrected chi connectivity index (χ4v) is 3.48. The van der Waals surface area contributed by atoms with Crippen LogP contribution in [0.3, 0.4) is 0 Å². The first-order valence-electron chi connectivity index (χ1n) is 8.52. The molecule has 0 aliphatic rings. The van der Waals surface area contributed by atoms with Gasteiger partial charge >= 0.3 is 17.3 Å². The molecule has 0 saturated carbocycles. The molecule has 146 valence electrons. The summed E-state index contributed by atoms with van der Waals surface area (Å²) in [7, 11) is -2.47. The van der Waals surface area contributed by atoms with Crippen LogP contribution in [0.2, 0.25) is 0 Å². The van der Waals surface area contributed by atoms with Crippen molar-refractivity contribution < 1.29 is 23.0 Å². The predicted octanol–water partition coefficient (Wildman–Crippen LogP) is 6.56. The van der Waals surface area contributed by atoms with Crippen LogP contribution >= 0.6 is 17.3 Å². The molecule has 0 aromatic heterocycles. The molecule has 3 aromatic rings. The Morgan fingerprint density at radius 2 is 0.893 bits per heavy atom. The van der Waals surface area contributed by atoms with Crippen molar-refractivity contribution in [2.75, 3.05) is 0 Å². The van der Waals surface area contributed by atoms with E-state index in [1.807, 2.05) is 93.6 Å². The molecule has 5 nitrogen and oxygen atoms in total. The molecule has 0 radical (unpaired) electrons. The Labute approximate surface area is 168 Å². The number of rotatable bonds is 6. The predicted molar refractivity (Wildman–Crippen MR) is 112 cm³/mol. The van der Waals surface area contributed by atoms with Crippen LogP contribution in [0.1, 0.15) is 16.7 Å². The lowest BCUT2D eigenvalue weighted by Gasteiger charge is -2.20. The van der Waals surface area contributed by atoms with E-state index in [1.54, 1.807) is 0 Å². The molecule has 0 amide bonds. The van der Waals surface area contributed by atoms with Crippen molar-refractivity contribution in [3.8, 4) is 17.2 Å². The van der Waals surface area contributed by atoms with Crippen molar-refractivity contribution in [2.24, 2.45) is 0 Å². The molecular formula is C21H22O5P2. The van der Waals surface area contributed by atoms with E-state index in [-0.39, 0.29) is 0 Å². The summed E-state index contributed by atoms with van der Waals surface area (Å²) in [5, 5.41) is 0. The largest absolute Gasteiger partial charge is 0.530 e. The van der Waals surface area contributed by atoms with Gasteiger partial charge in [-0.3, -0.25) is 0 Å². The molecule has 0 bridgehead atoms. The summed E-state index contributed by atoms with van der Waals surface area (Å²) in [5.74, 6) is 2.28. The van der Waals surface area contributed by atoms with Crippen LogP contribution in [0.15, 0.2) is 72.8 Å². The van der Waals surface area contributed by atoms with Crippen molar-refractivity contribution >= 4 is 17.3 Å². The first kappa shape index (κ1) is 21.8. The molecule has 0 atom stereocenters. The Hall–Kier alpha value is -2.45. The normalized spacial score (nSPS) is 10.2. The lowest BCUT2D eigenvalue weighted by molar-refractivity contribution is 0.385. The Morgan fingerprint density at radius 3 is 1.14 bits per heavy atom. The van der Waals surface area contributed by atoms with Gasteiger partial charge in [-0.2, -0.15) is 0 Å². The zero-order chi connectivity index (χ0) is 20.4. The van der Waals surface area contributed by atoms with E-state index in [4.69, 9.17) is 23.0 Å². The molecule has 7 heteroatoms. The number of para-hydroxylation sites is 3. The van der Waals surface area contributed by atoms with E-state index in [0.29, 0.717) is 0 Å². The first-order chi connectivity index (χ1) is 13.5. The second kappa shape index (κ2) is 11.4. The fraction of sp³-hybridized carbons (Fsp3) is 0.143. The van der Waals surface area contributed by atoms with Gasteiger partial charge in [0.05, 0.1) is 0 Å². The quantitative estimate of drug-likeness (QED) is 0.461. The lowest BCUT2D eigenvalue weighted by Crippen LogP contribution is -2.04. The molecule has 0 saturated heterocycles. The summed E-state index contributed by atoms with van der Waals surface area (Å²) in [6, 6.07) is 23.6. The third-order valence-electron chi connectivity index (χ3n) is 3.80. The number of aryl methyl sites for hydroxylation is 3. The van der Waals surface area contributed by atoms with Crippen LogP contribution in [-0.2, 0) is 4.57 Å². The standard InChI is InChI=1S/C21H21O3P.HO2P/c1-16-10-4-7-13-19(16)22-25(23-20-14-8-5-11-17(20)2)24-21-15-9-6-12-18(21)3;1-3-2/h4-15H,1-3H3;(H,1,2). The van der Waals surface area contributed by atoms with Crippen LogP contribution in [0.25, 0.3) is 0 Å². The molecule has 3 rings (SSSR count). The van der Waals surface area contributed by atoms with Crippen molar-refractivity contribution in [1.29, 1.82) is 0 Å². The van der Waals surface area contributed by atoms with Crippen molar-refractivity contribution in [3.05, 3.63) is 89.5 Å². The minimum absolute atomic E-state index is 0.760. The zero-order valence-electron chi connectivity index (χ0n) is 15.9. The lowest BCUT2D eigenvalue weighted by atomic mass is 10.2. The van der Waals surface area contributed by atoms with E-state index in [2.05, 4.69) is 0 Å². The number of hydrogen-bond donors (Lipinski definition) is 1. The summed E-state index contributed by atoms with van der Waals surface area (Å²) in [4.78, 5) is 6.99. The van der Waals surface area contributed by atoms with Gasteiger partial charge in [0, 0.05) is 0 Å². The Balaban J connectivity index is 0.000000878. The summed E-state index contributed by atoms with van der Waals surface area (Å²) < 4.78 is 26.7. The van der Waals surface area contributed by atoms with Crippen molar-refractivity contribution in [3.63, 3.8) is 0 Å². The molecule has 1 N–H and O–H groups in total. The van der Waals surface area contributed by atoms with Gasteiger partial charge in [0.25, 0.3) is 0 Å². The van der Waals surface area contributed by atoms with Crippen LogP contribution in [-0.4, -0.2) is 4.89 Å². The van der Waals surface area contributed by atoms with Gasteiger partial charge in [0.2, 0.25) is 0 Å². The van der Waals surface area contributed by atoms with Crippen molar-refractivity contribution in [2.45, 2.75) is 20.8 Å². The van der Waals surface area contributed by atoms with E-state index in [0.717, 1.165) is 33.9 Å². The molecule has 0 unspecified atom stereocenters. The molecule has 0 spiro atoms. The van der Waals surface area contributed by atoms with E-state index >= 15 is 0 Å². The smallest absolute Gasteiger partial charge is 0.408 e. The first-order valence-corrected chi connectivity index (χ1v) is 10.4.